The van der Waals surface area contributed by atoms with E-state index in [4.69, 9.17) is 9.15 Å². The van der Waals surface area contributed by atoms with E-state index in [0.29, 0.717) is 60.6 Å². The number of ether oxygens (including phenoxy) is 1. The van der Waals surface area contributed by atoms with Crippen molar-refractivity contribution < 1.29 is 27.9 Å². The predicted molar refractivity (Wildman–Crippen MR) is 235 cm³/mol. The third kappa shape index (κ3) is 8.00. The molecule has 326 valence electrons. The molecule has 10 rings (SSSR count). The molecule has 7 heterocycles. The molecule has 5 aromatic rings. The van der Waals surface area contributed by atoms with Gasteiger partial charge < -0.3 is 54.6 Å². The highest BCUT2D eigenvalue weighted by molar-refractivity contribution is 6.07. The van der Waals surface area contributed by atoms with Gasteiger partial charge in [-0.1, -0.05) is 18.2 Å². The molecule has 3 amide bonds. The fourth-order valence-corrected chi connectivity index (χ4v) is 10.0. The number of fused-ring (bicyclic) bond motifs is 5. The SMILES string of the molecule is O=C(CNCCN1CCCC1)N[C@@H]1CCN(C(=O)c2cn3c4c(c(N5CC[C@@H](NC(=O)CNCCN6CCCC6)C5)c(F)cc4c2=O)Oc2cc4c(cc2-3)oc2ccccc24)C1. The summed E-state index contributed by atoms with van der Waals surface area (Å²) in [6.07, 6.45) is 7.56. The molecule has 0 unspecified atom stereocenters. The van der Waals surface area contributed by atoms with E-state index in [-0.39, 0.29) is 65.9 Å². The quantitative estimate of drug-likeness (QED) is 0.119. The highest BCUT2D eigenvalue weighted by atomic mass is 19.1. The van der Waals surface area contributed by atoms with Gasteiger partial charge in [-0.15, -0.1) is 0 Å². The van der Waals surface area contributed by atoms with E-state index in [1.54, 1.807) is 9.47 Å². The van der Waals surface area contributed by atoms with E-state index in [9.17, 15) is 19.2 Å². The van der Waals surface area contributed by atoms with Crippen molar-refractivity contribution in [1.29, 1.82) is 0 Å². The lowest BCUT2D eigenvalue weighted by Crippen LogP contribution is -2.43. The van der Waals surface area contributed by atoms with Gasteiger partial charge in [0.05, 0.1) is 24.2 Å². The Balaban J connectivity index is 0.909. The lowest BCUT2D eigenvalue weighted by molar-refractivity contribution is -0.121. The summed E-state index contributed by atoms with van der Waals surface area (Å²) in [7, 11) is 0. The van der Waals surface area contributed by atoms with E-state index in [0.717, 1.165) is 63.1 Å². The lowest BCUT2D eigenvalue weighted by Gasteiger charge is -2.29. The molecule has 4 N–H and O–H groups in total. The van der Waals surface area contributed by atoms with Gasteiger partial charge in [-0.25, -0.2) is 4.39 Å². The van der Waals surface area contributed by atoms with Crippen LogP contribution >= 0.6 is 0 Å². The van der Waals surface area contributed by atoms with E-state index < -0.39 is 17.2 Å². The number of hydrogen-bond acceptors (Lipinski definition) is 11. The van der Waals surface area contributed by atoms with Crippen LogP contribution in [0.5, 0.6) is 11.5 Å². The summed E-state index contributed by atoms with van der Waals surface area (Å²) in [4.78, 5) is 62.7. The van der Waals surface area contributed by atoms with Gasteiger partial charge >= 0.3 is 0 Å². The van der Waals surface area contributed by atoms with Gasteiger partial charge in [-0.05, 0) is 82.9 Å². The molecule has 4 fully saturated rings. The molecule has 0 spiro atoms. The zero-order chi connectivity index (χ0) is 42.3. The maximum absolute atomic E-state index is 16.7. The van der Waals surface area contributed by atoms with Gasteiger partial charge in [0.15, 0.2) is 17.3 Å². The molecule has 62 heavy (non-hydrogen) atoms. The second-order valence-corrected chi connectivity index (χ2v) is 17.4. The summed E-state index contributed by atoms with van der Waals surface area (Å²) >= 11 is 0. The Kier molecular flexibility index (Phi) is 11.3. The molecular formula is C46H54FN9O6. The summed E-state index contributed by atoms with van der Waals surface area (Å²) in [5.74, 6) is -0.822. The first-order valence-corrected chi connectivity index (χ1v) is 22.3. The van der Waals surface area contributed by atoms with E-state index >= 15 is 4.39 Å². The minimum atomic E-state index is -0.660. The van der Waals surface area contributed by atoms with Crippen molar-refractivity contribution in [2.75, 3.05) is 96.5 Å². The first kappa shape index (κ1) is 40.5. The van der Waals surface area contributed by atoms with Gasteiger partial charge in [-0.3, -0.25) is 19.2 Å². The maximum Gasteiger partial charge on any atom is 0.259 e. The maximum atomic E-state index is 16.7. The number of halogens is 1. The summed E-state index contributed by atoms with van der Waals surface area (Å²) in [5.41, 5.74) is 1.63. The number of pyridine rings is 1. The molecule has 0 saturated carbocycles. The van der Waals surface area contributed by atoms with Gasteiger partial charge in [0.2, 0.25) is 17.2 Å². The second-order valence-electron chi connectivity index (χ2n) is 17.4. The minimum absolute atomic E-state index is 0.00978. The Hall–Kier alpha value is -5.55. The minimum Gasteiger partial charge on any atom is -0.456 e. The van der Waals surface area contributed by atoms with Crippen molar-refractivity contribution in [3.63, 3.8) is 0 Å². The number of nitrogens with zero attached hydrogens (tertiary/aromatic N) is 5. The van der Waals surface area contributed by atoms with Crippen molar-refractivity contribution in [1.82, 2.24) is 40.5 Å². The van der Waals surface area contributed by atoms with Crippen LogP contribution < -0.4 is 36.3 Å². The van der Waals surface area contributed by atoms with Gasteiger partial charge in [-0.2, -0.15) is 0 Å². The number of likely N-dealkylation sites (tertiary alicyclic amines) is 3. The van der Waals surface area contributed by atoms with Crippen molar-refractivity contribution >= 4 is 56.3 Å². The zero-order valence-electron chi connectivity index (χ0n) is 35.0. The van der Waals surface area contributed by atoms with Crippen LogP contribution in [0.3, 0.4) is 0 Å². The average molecular weight is 848 g/mol. The third-order valence-electron chi connectivity index (χ3n) is 13.2. The van der Waals surface area contributed by atoms with Crippen LogP contribution in [0.1, 0.15) is 48.9 Å². The monoisotopic (exact) mass is 847 g/mol. The van der Waals surface area contributed by atoms with Crippen LogP contribution in [0.4, 0.5) is 10.1 Å². The first-order valence-electron chi connectivity index (χ1n) is 22.3. The van der Waals surface area contributed by atoms with Crippen LogP contribution in [-0.4, -0.2) is 141 Å². The number of carbonyl (C=O) groups is 3. The molecule has 15 nitrogen and oxygen atoms in total. The first-order chi connectivity index (χ1) is 30.3. The lowest BCUT2D eigenvalue weighted by atomic mass is 10.0. The molecule has 0 radical (unpaired) electrons. The molecule has 5 aliphatic rings. The smallest absolute Gasteiger partial charge is 0.259 e. The molecule has 0 aliphatic carbocycles. The highest BCUT2D eigenvalue weighted by Gasteiger charge is 2.36. The third-order valence-corrected chi connectivity index (χ3v) is 13.2. The molecular weight excluding hydrogens is 794 g/mol. The fraction of sp³-hybridized carbons (Fsp3) is 0.478. The highest BCUT2D eigenvalue weighted by Crippen LogP contribution is 2.49. The Morgan fingerprint density at radius 3 is 2.11 bits per heavy atom. The van der Waals surface area contributed by atoms with Crippen LogP contribution in [0.2, 0.25) is 0 Å². The van der Waals surface area contributed by atoms with E-state index in [1.807, 2.05) is 41.3 Å². The average Bonchev–Trinajstić information content (AvgIpc) is 4.13. The largest absolute Gasteiger partial charge is 0.456 e. The fourth-order valence-electron chi connectivity index (χ4n) is 10.0. The topological polar surface area (TPSA) is 157 Å². The van der Waals surface area contributed by atoms with E-state index in [1.165, 1.54) is 37.9 Å². The van der Waals surface area contributed by atoms with Gasteiger partial charge in [0, 0.05) is 87.5 Å². The van der Waals surface area contributed by atoms with Crippen molar-refractivity contribution in [2.45, 2.75) is 50.6 Å². The predicted octanol–water partition coefficient (Wildman–Crippen LogP) is 3.53. The van der Waals surface area contributed by atoms with Crippen LogP contribution in [0.15, 0.2) is 57.9 Å². The van der Waals surface area contributed by atoms with E-state index in [2.05, 4.69) is 31.1 Å². The number of amides is 3. The molecule has 16 heteroatoms. The van der Waals surface area contributed by atoms with Gasteiger partial charge in [0.25, 0.3) is 5.91 Å². The number of rotatable bonds is 14. The molecule has 3 aromatic carbocycles. The van der Waals surface area contributed by atoms with Gasteiger partial charge in [0.1, 0.15) is 27.9 Å². The number of nitrogens with one attached hydrogen (secondary N) is 4. The summed E-state index contributed by atoms with van der Waals surface area (Å²) in [6.45, 7) is 9.47. The summed E-state index contributed by atoms with van der Waals surface area (Å²) < 4.78 is 31.4. The number of hydrogen-bond donors (Lipinski definition) is 4. The number of aromatic nitrogens is 1. The molecule has 4 saturated heterocycles. The molecule has 2 aromatic heterocycles. The normalized spacial score (nSPS) is 20.1. The van der Waals surface area contributed by atoms with Crippen molar-refractivity contribution in [3.05, 3.63) is 70.3 Å². The van der Waals surface area contributed by atoms with Crippen LogP contribution in [0, 0.1) is 5.82 Å². The summed E-state index contributed by atoms with van der Waals surface area (Å²) in [6, 6.07) is 12.1. The number of furan rings is 1. The Morgan fingerprint density at radius 2 is 1.40 bits per heavy atom. The number of carbonyl (C=O) groups excluding carboxylic acids is 3. The number of para-hydroxylation sites is 1. The van der Waals surface area contributed by atoms with Crippen molar-refractivity contribution in [2.24, 2.45) is 0 Å². The Morgan fingerprint density at radius 1 is 0.742 bits per heavy atom. The zero-order valence-corrected chi connectivity index (χ0v) is 35.0. The molecule has 0 bridgehead atoms. The molecule has 5 aliphatic heterocycles. The van der Waals surface area contributed by atoms with Crippen LogP contribution in [0.25, 0.3) is 38.5 Å². The Bertz CT molecular complexity index is 2600. The summed E-state index contributed by atoms with van der Waals surface area (Å²) in [5, 5.41) is 14.3. The number of anilines is 1. The van der Waals surface area contributed by atoms with Crippen molar-refractivity contribution in [3.8, 4) is 17.2 Å². The Labute approximate surface area is 358 Å². The molecule has 2 atom stereocenters. The standard InChI is InChI=1S/C46H54FN9O6/c47-35-21-33-42-45(43(35)54-17-9-29(26-54)50-40(57)24-48-11-19-52-13-3-4-14-52)62-39-22-32-31-7-1-2-8-37(31)61-38(32)23-36(39)56(42)28-34(44(33)59)46(60)55-18-10-30(27-55)51-41(58)25-49-12-20-53-15-5-6-16-53/h1-2,7-8,21-23,28-30,48-49H,3-6,9-20,24-27H2,(H,50,57)(H,51,58)/t29-,30-/m1/s1. The second kappa shape index (κ2) is 17.3. The number of benzene rings is 3. The van der Waals surface area contributed by atoms with Crippen LogP contribution in [-0.2, 0) is 9.59 Å².